The Hall–Kier alpha value is -2.31. The minimum atomic E-state index is -0.261. The Morgan fingerprint density at radius 1 is 1.20 bits per heavy atom. The summed E-state index contributed by atoms with van der Waals surface area (Å²) in [5, 5.41) is 0.741. The number of nitrogens with zero attached hydrogens (tertiary/aromatic N) is 3. The largest absolute Gasteiger partial charge is 0.467 e. The summed E-state index contributed by atoms with van der Waals surface area (Å²) < 4.78 is 5.40. The molecule has 0 saturated heterocycles. The maximum atomic E-state index is 13.1. The first-order chi connectivity index (χ1) is 12.2. The monoisotopic (exact) mass is 373 g/mol. The average molecular weight is 374 g/mol. The summed E-state index contributed by atoms with van der Waals surface area (Å²) in [5.74, 6) is 0.433. The van der Waals surface area contributed by atoms with Crippen molar-refractivity contribution < 1.29 is 9.21 Å². The molecular formula is C18H16ClN3O2S. The second-order valence-corrected chi connectivity index (χ2v) is 6.46. The van der Waals surface area contributed by atoms with Crippen molar-refractivity contribution in [2.75, 3.05) is 6.26 Å². The van der Waals surface area contributed by atoms with Gasteiger partial charge in [-0.2, -0.15) is 0 Å². The minimum absolute atomic E-state index is 0.198. The van der Waals surface area contributed by atoms with Crippen LogP contribution in [0.2, 0.25) is 5.02 Å². The van der Waals surface area contributed by atoms with Gasteiger partial charge in [-0.1, -0.05) is 53.7 Å². The van der Waals surface area contributed by atoms with Crippen molar-refractivity contribution in [3.63, 3.8) is 0 Å². The number of benzene rings is 1. The quantitative estimate of drug-likeness (QED) is 0.476. The van der Waals surface area contributed by atoms with E-state index in [1.54, 1.807) is 17.2 Å². The standard InChI is InChI=1S/C18H16ClN3O2S/c1-25-18-20-10-15(19)16(21-18)17(23)22(12-14-8-5-9-24-14)11-13-6-3-2-4-7-13/h2-10H,11-12H2,1H3. The molecular weight excluding hydrogens is 358 g/mol. The molecule has 25 heavy (non-hydrogen) atoms. The predicted molar refractivity (Wildman–Crippen MR) is 97.6 cm³/mol. The van der Waals surface area contributed by atoms with Gasteiger partial charge in [-0.15, -0.1) is 0 Å². The first kappa shape index (κ1) is 17.5. The lowest BCUT2D eigenvalue weighted by atomic mass is 10.2. The lowest BCUT2D eigenvalue weighted by molar-refractivity contribution is 0.0710. The van der Waals surface area contributed by atoms with Gasteiger partial charge in [-0.05, 0) is 24.0 Å². The molecule has 0 N–H and O–H groups in total. The minimum Gasteiger partial charge on any atom is -0.467 e. The molecule has 0 atom stereocenters. The number of thioether (sulfide) groups is 1. The molecule has 0 unspecified atom stereocenters. The van der Waals surface area contributed by atoms with Gasteiger partial charge in [0.1, 0.15) is 5.76 Å². The Bertz CT molecular complexity index is 841. The summed E-state index contributed by atoms with van der Waals surface area (Å²) in [6, 6.07) is 13.4. The first-order valence-corrected chi connectivity index (χ1v) is 9.19. The summed E-state index contributed by atoms with van der Waals surface area (Å²) in [4.78, 5) is 23.1. The van der Waals surface area contributed by atoms with Crippen molar-refractivity contribution in [2.45, 2.75) is 18.2 Å². The zero-order valence-electron chi connectivity index (χ0n) is 13.6. The number of furan rings is 1. The van der Waals surface area contributed by atoms with Gasteiger partial charge in [0.25, 0.3) is 5.91 Å². The Morgan fingerprint density at radius 3 is 2.68 bits per heavy atom. The number of amides is 1. The number of aromatic nitrogens is 2. The van der Waals surface area contributed by atoms with Crippen LogP contribution in [0.3, 0.4) is 0 Å². The van der Waals surface area contributed by atoms with E-state index in [4.69, 9.17) is 16.0 Å². The van der Waals surface area contributed by atoms with E-state index in [1.807, 2.05) is 42.7 Å². The summed E-state index contributed by atoms with van der Waals surface area (Å²) in [6.07, 6.45) is 4.90. The fourth-order valence-corrected chi connectivity index (χ4v) is 2.86. The van der Waals surface area contributed by atoms with Crippen LogP contribution in [0.25, 0.3) is 0 Å². The van der Waals surface area contributed by atoms with Gasteiger partial charge in [-0.3, -0.25) is 4.79 Å². The second kappa shape index (κ2) is 8.18. The molecule has 2 heterocycles. The number of hydrogen-bond donors (Lipinski definition) is 0. The molecule has 5 nitrogen and oxygen atoms in total. The Kier molecular flexibility index (Phi) is 5.73. The molecule has 0 bridgehead atoms. The van der Waals surface area contributed by atoms with Crippen molar-refractivity contribution in [1.29, 1.82) is 0 Å². The van der Waals surface area contributed by atoms with Gasteiger partial charge in [0, 0.05) is 6.54 Å². The number of hydrogen-bond acceptors (Lipinski definition) is 5. The van der Waals surface area contributed by atoms with Gasteiger partial charge < -0.3 is 9.32 Å². The van der Waals surface area contributed by atoms with Crippen LogP contribution in [0.4, 0.5) is 0 Å². The topological polar surface area (TPSA) is 59.2 Å². The summed E-state index contributed by atoms with van der Waals surface area (Å²) >= 11 is 7.53. The molecule has 1 amide bonds. The van der Waals surface area contributed by atoms with E-state index >= 15 is 0 Å². The zero-order valence-corrected chi connectivity index (χ0v) is 15.1. The fourth-order valence-electron chi connectivity index (χ4n) is 2.34. The normalized spacial score (nSPS) is 10.6. The molecule has 0 aliphatic carbocycles. The van der Waals surface area contributed by atoms with Crippen molar-refractivity contribution >= 4 is 29.3 Å². The van der Waals surface area contributed by atoms with Crippen LogP contribution in [0.15, 0.2) is 64.5 Å². The molecule has 128 valence electrons. The molecule has 2 aromatic heterocycles. The van der Waals surface area contributed by atoms with Crippen LogP contribution in [0.5, 0.6) is 0 Å². The van der Waals surface area contributed by atoms with E-state index in [1.165, 1.54) is 18.0 Å². The first-order valence-electron chi connectivity index (χ1n) is 7.59. The third-order valence-corrected chi connectivity index (χ3v) is 4.38. The predicted octanol–water partition coefficient (Wildman–Crippen LogP) is 4.29. The van der Waals surface area contributed by atoms with Gasteiger partial charge in [0.15, 0.2) is 10.9 Å². The molecule has 0 fully saturated rings. The zero-order chi connectivity index (χ0) is 17.6. The van der Waals surface area contributed by atoms with E-state index in [9.17, 15) is 4.79 Å². The third kappa shape index (κ3) is 4.41. The number of carbonyl (C=O) groups is 1. The second-order valence-electron chi connectivity index (χ2n) is 5.28. The van der Waals surface area contributed by atoms with E-state index < -0.39 is 0 Å². The Labute approximate surface area is 155 Å². The smallest absolute Gasteiger partial charge is 0.274 e. The fraction of sp³-hybridized carbons (Fsp3) is 0.167. The van der Waals surface area contributed by atoms with E-state index in [0.29, 0.717) is 24.0 Å². The van der Waals surface area contributed by atoms with E-state index in [0.717, 1.165) is 5.56 Å². The van der Waals surface area contributed by atoms with Crippen LogP contribution in [0, 0.1) is 0 Å². The number of halogens is 1. The molecule has 0 saturated carbocycles. The summed E-state index contributed by atoms with van der Waals surface area (Å²) in [6.45, 7) is 0.755. The van der Waals surface area contributed by atoms with Gasteiger partial charge in [0.2, 0.25) is 0 Å². The van der Waals surface area contributed by atoms with Gasteiger partial charge >= 0.3 is 0 Å². The number of carbonyl (C=O) groups excluding carboxylic acids is 1. The molecule has 3 rings (SSSR count). The van der Waals surface area contributed by atoms with Gasteiger partial charge in [0.05, 0.1) is 24.0 Å². The average Bonchev–Trinajstić information content (AvgIpc) is 3.15. The summed E-state index contributed by atoms with van der Waals surface area (Å²) in [5.41, 5.74) is 1.21. The van der Waals surface area contributed by atoms with E-state index in [2.05, 4.69) is 9.97 Å². The van der Waals surface area contributed by atoms with Crippen LogP contribution < -0.4 is 0 Å². The highest BCUT2D eigenvalue weighted by atomic mass is 35.5. The van der Waals surface area contributed by atoms with Crippen molar-refractivity contribution in [2.24, 2.45) is 0 Å². The lowest BCUT2D eigenvalue weighted by Crippen LogP contribution is -2.31. The van der Waals surface area contributed by atoms with E-state index in [-0.39, 0.29) is 16.6 Å². The van der Waals surface area contributed by atoms with Crippen LogP contribution in [-0.4, -0.2) is 27.0 Å². The summed E-state index contributed by atoms with van der Waals surface area (Å²) in [7, 11) is 0. The Morgan fingerprint density at radius 2 is 2.00 bits per heavy atom. The maximum absolute atomic E-state index is 13.1. The highest BCUT2D eigenvalue weighted by molar-refractivity contribution is 7.98. The maximum Gasteiger partial charge on any atom is 0.274 e. The Balaban J connectivity index is 1.91. The SMILES string of the molecule is CSc1ncc(Cl)c(C(=O)N(Cc2ccccc2)Cc2ccco2)n1. The lowest BCUT2D eigenvalue weighted by Gasteiger charge is -2.22. The van der Waals surface area contributed by atoms with Crippen LogP contribution in [0.1, 0.15) is 21.8 Å². The molecule has 0 radical (unpaired) electrons. The van der Waals surface area contributed by atoms with Crippen molar-refractivity contribution in [1.82, 2.24) is 14.9 Å². The molecule has 1 aromatic carbocycles. The third-order valence-electron chi connectivity index (χ3n) is 3.54. The highest BCUT2D eigenvalue weighted by Gasteiger charge is 2.22. The van der Waals surface area contributed by atoms with Crippen molar-refractivity contribution in [3.05, 3.63) is 77.0 Å². The molecule has 0 spiro atoms. The molecule has 7 heteroatoms. The van der Waals surface area contributed by atoms with Crippen LogP contribution in [-0.2, 0) is 13.1 Å². The molecule has 3 aromatic rings. The molecule has 0 aliphatic rings. The number of rotatable bonds is 6. The molecule has 0 aliphatic heterocycles. The highest BCUT2D eigenvalue weighted by Crippen LogP contribution is 2.20. The van der Waals surface area contributed by atoms with Crippen LogP contribution >= 0.6 is 23.4 Å². The van der Waals surface area contributed by atoms with Gasteiger partial charge in [-0.25, -0.2) is 9.97 Å². The van der Waals surface area contributed by atoms with Crippen molar-refractivity contribution in [3.8, 4) is 0 Å².